The molecule has 1 aromatic heterocycles. The summed E-state index contributed by atoms with van der Waals surface area (Å²) in [4.78, 5) is 36.9. The molecule has 0 radical (unpaired) electrons. The van der Waals surface area contributed by atoms with Crippen molar-refractivity contribution < 1.29 is 19.1 Å². The van der Waals surface area contributed by atoms with Gasteiger partial charge in [-0.15, -0.1) is 11.3 Å². The highest BCUT2D eigenvalue weighted by atomic mass is 32.1. The van der Waals surface area contributed by atoms with Crippen LogP contribution in [0, 0.1) is 0 Å². The molecular formula is C22H20N2O4S. The highest BCUT2D eigenvalue weighted by molar-refractivity contribution is 7.12. The second-order valence-corrected chi connectivity index (χ2v) is 7.27. The maximum absolute atomic E-state index is 12.5. The minimum absolute atomic E-state index is 0.0517. The quantitative estimate of drug-likeness (QED) is 0.568. The highest BCUT2D eigenvalue weighted by Gasteiger charge is 2.13. The molecule has 148 valence electrons. The van der Waals surface area contributed by atoms with E-state index in [-0.39, 0.29) is 24.0 Å². The summed E-state index contributed by atoms with van der Waals surface area (Å²) in [5.74, 6) is 0.00519. The van der Waals surface area contributed by atoms with Crippen LogP contribution in [-0.4, -0.2) is 24.7 Å². The third kappa shape index (κ3) is 5.30. The first-order valence-electron chi connectivity index (χ1n) is 8.89. The number of benzene rings is 2. The van der Waals surface area contributed by atoms with E-state index in [0.29, 0.717) is 33.1 Å². The Morgan fingerprint density at radius 3 is 2.38 bits per heavy atom. The van der Waals surface area contributed by atoms with Gasteiger partial charge in [-0.3, -0.25) is 14.4 Å². The van der Waals surface area contributed by atoms with E-state index in [1.807, 2.05) is 11.4 Å². The van der Waals surface area contributed by atoms with Crippen LogP contribution in [-0.2, 0) is 11.2 Å². The van der Waals surface area contributed by atoms with Gasteiger partial charge in [-0.2, -0.15) is 0 Å². The Bertz CT molecular complexity index is 1040. The smallest absolute Gasteiger partial charge is 0.265 e. The average molecular weight is 408 g/mol. The topological polar surface area (TPSA) is 84.5 Å². The van der Waals surface area contributed by atoms with E-state index in [4.69, 9.17) is 4.74 Å². The van der Waals surface area contributed by atoms with Crippen LogP contribution in [0.1, 0.15) is 32.5 Å². The van der Waals surface area contributed by atoms with Gasteiger partial charge in [-0.25, -0.2) is 0 Å². The number of rotatable bonds is 7. The Balaban J connectivity index is 1.69. The van der Waals surface area contributed by atoms with Crippen LogP contribution in [0.3, 0.4) is 0 Å². The molecule has 0 saturated carbocycles. The number of hydrogen-bond acceptors (Lipinski definition) is 5. The van der Waals surface area contributed by atoms with Gasteiger partial charge in [-0.05, 0) is 54.8 Å². The lowest BCUT2D eigenvalue weighted by atomic mass is 10.0. The van der Waals surface area contributed by atoms with E-state index in [2.05, 4.69) is 10.6 Å². The minimum Gasteiger partial charge on any atom is -0.496 e. The van der Waals surface area contributed by atoms with Gasteiger partial charge in [0.1, 0.15) is 5.75 Å². The van der Waals surface area contributed by atoms with Crippen LogP contribution < -0.4 is 15.4 Å². The van der Waals surface area contributed by atoms with Gasteiger partial charge >= 0.3 is 0 Å². The average Bonchev–Trinajstić information content (AvgIpc) is 3.23. The molecule has 2 aromatic carbocycles. The van der Waals surface area contributed by atoms with Crippen molar-refractivity contribution >= 4 is 40.3 Å². The van der Waals surface area contributed by atoms with Crippen molar-refractivity contribution in [2.24, 2.45) is 0 Å². The monoisotopic (exact) mass is 408 g/mol. The van der Waals surface area contributed by atoms with Gasteiger partial charge in [-0.1, -0.05) is 12.1 Å². The maximum Gasteiger partial charge on any atom is 0.265 e. The molecule has 0 aliphatic rings. The lowest BCUT2D eigenvalue weighted by molar-refractivity contribution is -0.115. The van der Waals surface area contributed by atoms with E-state index in [1.54, 1.807) is 48.5 Å². The first-order chi connectivity index (χ1) is 14.0. The zero-order valence-corrected chi connectivity index (χ0v) is 16.8. The SMILES string of the molecule is COc1ccc(C(C)=O)cc1CC(=O)Nc1cccc(NC(=O)c2cccs2)c1. The number of hydrogen-bond donors (Lipinski definition) is 2. The zero-order chi connectivity index (χ0) is 20.8. The van der Waals surface area contributed by atoms with Gasteiger partial charge < -0.3 is 15.4 Å². The molecule has 2 amide bonds. The van der Waals surface area contributed by atoms with Crippen molar-refractivity contribution in [2.75, 3.05) is 17.7 Å². The minimum atomic E-state index is -0.259. The molecular weight excluding hydrogens is 388 g/mol. The summed E-state index contributed by atoms with van der Waals surface area (Å²) in [6.45, 7) is 1.47. The van der Waals surface area contributed by atoms with Crippen molar-refractivity contribution in [3.63, 3.8) is 0 Å². The van der Waals surface area contributed by atoms with E-state index in [0.717, 1.165) is 0 Å². The van der Waals surface area contributed by atoms with E-state index in [9.17, 15) is 14.4 Å². The summed E-state index contributed by atoms with van der Waals surface area (Å²) in [7, 11) is 1.52. The van der Waals surface area contributed by atoms with Crippen LogP contribution in [0.15, 0.2) is 60.0 Å². The van der Waals surface area contributed by atoms with E-state index >= 15 is 0 Å². The second kappa shape index (κ2) is 9.16. The van der Waals surface area contributed by atoms with Gasteiger partial charge in [0, 0.05) is 22.5 Å². The molecule has 3 rings (SSSR count). The molecule has 1 heterocycles. The van der Waals surface area contributed by atoms with Crippen molar-refractivity contribution in [2.45, 2.75) is 13.3 Å². The maximum atomic E-state index is 12.5. The number of thiophene rings is 1. The summed E-state index contributed by atoms with van der Waals surface area (Å²) in [5, 5.41) is 7.45. The van der Waals surface area contributed by atoms with Gasteiger partial charge in [0.25, 0.3) is 5.91 Å². The number of ether oxygens (including phenoxy) is 1. The van der Waals surface area contributed by atoms with Crippen molar-refractivity contribution in [3.05, 3.63) is 76.0 Å². The zero-order valence-electron chi connectivity index (χ0n) is 16.0. The van der Waals surface area contributed by atoms with Gasteiger partial charge in [0.05, 0.1) is 18.4 Å². The number of carbonyl (C=O) groups is 3. The fourth-order valence-corrected chi connectivity index (χ4v) is 3.41. The van der Waals surface area contributed by atoms with Crippen LogP contribution in [0.2, 0.25) is 0 Å². The van der Waals surface area contributed by atoms with Gasteiger partial charge in [0.2, 0.25) is 5.91 Å². The largest absolute Gasteiger partial charge is 0.496 e. The molecule has 2 N–H and O–H groups in total. The number of Topliss-reactive ketones (excluding diaryl/α,β-unsaturated/α-hetero) is 1. The fraction of sp³-hybridized carbons (Fsp3) is 0.136. The number of amides is 2. The van der Waals surface area contributed by atoms with Crippen LogP contribution in [0.4, 0.5) is 11.4 Å². The predicted octanol–water partition coefficient (Wildman–Crippen LogP) is 4.39. The third-order valence-electron chi connectivity index (χ3n) is 4.19. The summed E-state index contributed by atoms with van der Waals surface area (Å²) < 4.78 is 5.29. The van der Waals surface area contributed by atoms with Gasteiger partial charge in [0.15, 0.2) is 5.78 Å². The van der Waals surface area contributed by atoms with Crippen LogP contribution in [0.25, 0.3) is 0 Å². The number of nitrogens with one attached hydrogen (secondary N) is 2. The fourth-order valence-electron chi connectivity index (χ4n) is 2.79. The number of anilines is 2. The van der Waals surface area contributed by atoms with E-state index in [1.165, 1.54) is 25.4 Å². The molecule has 0 spiro atoms. The van der Waals surface area contributed by atoms with E-state index < -0.39 is 0 Å². The summed E-state index contributed by atoms with van der Waals surface area (Å²) >= 11 is 1.36. The molecule has 3 aromatic rings. The molecule has 0 aliphatic carbocycles. The number of carbonyl (C=O) groups excluding carboxylic acids is 3. The molecule has 0 bridgehead atoms. The standard InChI is InChI=1S/C22H20N2O4S/c1-14(25)15-8-9-19(28-2)16(11-15)12-21(26)23-17-5-3-6-18(13-17)24-22(27)20-7-4-10-29-20/h3-11,13H,12H2,1-2H3,(H,23,26)(H,24,27). The molecule has 6 nitrogen and oxygen atoms in total. The lowest BCUT2D eigenvalue weighted by Crippen LogP contribution is -2.16. The lowest BCUT2D eigenvalue weighted by Gasteiger charge is -2.11. The summed E-state index contributed by atoms with van der Waals surface area (Å²) in [6, 6.07) is 15.5. The number of ketones is 1. The summed E-state index contributed by atoms with van der Waals surface area (Å²) in [6.07, 6.45) is 0.0517. The van der Waals surface area contributed by atoms with Crippen molar-refractivity contribution in [1.29, 1.82) is 0 Å². The number of methoxy groups -OCH3 is 1. The first kappa shape index (κ1) is 20.3. The van der Waals surface area contributed by atoms with Crippen molar-refractivity contribution in [1.82, 2.24) is 0 Å². The molecule has 7 heteroatoms. The first-order valence-corrected chi connectivity index (χ1v) is 9.77. The molecule has 0 atom stereocenters. The van der Waals surface area contributed by atoms with Crippen LogP contribution >= 0.6 is 11.3 Å². The molecule has 0 unspecified atom stereocenters. The molecule has 0 fully saturated rings. The Hall–Kier alpha value is -3.45. The molecule has 29 heavy (non-hydrogen) atoms. The molecule has 0 saturated heterocycles. The highest BCUT2D eigenvalue weighted by Crippen LogP contribution is 2.22. The predicted molar refractivity (Wildman–Crippen MR) is 114 cm³/mol. The normalized spacial score (nSPS) is 10.3. The van der Waals surface area contributed by atoms with Crippen LogP contribution in [0.5, 0.6) is 5.75 Å². The van der Waals surface area contributed by atoms with Crippen molar-refractivity contribution in [3.8, 4) is 5.75 Å². The Morgan fingerprint density at radius 1 is 0.966 bits per heavy atom. The Morgan fingerprint density at radius 2 is 1.72 bits per heavy atom. The Kier molecular flexibility index (Phi) is 6.41. The Labute approximate surface area is 172 Å². The molecule has 0 aliphatic heterocycles. The summed E-state index contributed by atoms with van der Waals surface area (Å²) in [5.41, 5.74) is 2.28. The second-order valence-electron chi connectivity index (χ2n) is 6.32. The third-order valence-corrected chi connectivity index (χ3v) is 5.06.